The molecule has 1 unspecified atom stereocenters. The van der Waals surface area contributed by atoms with Gasteiger partial charge in [-0.15, -0.1) is 0 Å². The molecular formula is C29H45NO11. The van der Waals surface area contributed by atoms with E-state index in [4.69, 9.17) is 34.2 Å². The van der Waals surface area contributed by atoms with Crippen molar-refractivity contribution in [1.82, 2.24) is 0 Å². The molecule has 0 fully saturated rings. The molecule has 0 amide bonds. The maximum absolute atomic E-state index is 12.3. The van der Waals surface area contributed by atoms with E-state index in [1.807, 2.05) is 27.7 Å². The molecule has 0 aliphatic heterocycles. The summed E-state index contributed by atoms with van der Waals surface area (Å²) in [4.78, 5) is 48.8. The number of nitrogens with two attached hydrogens (primary N) is 1. The molecule has 0 heterocycles. The van der Waals surface area contributed by atoms with E-state index < -0.39 is 41.7 Å². The molecule has 1 rings (SSSR count). The normalized spacial score (nSPS) is 13.6. The minimum Gasteiger partial charge on any atom is -0.480 e. The number of carboxylic acid groups (broad SMARTS) is 1. The highest BCUT2D eigenvalue weighted by Gasteiger charge is 2.37. The Hall–Kier alpha value is -3.54. The number of hydrogen-bond donors (Lipinski definition) is 2. The molecule has 0 spiro atoms. The summed E-state index contributed by atoms with van der Waals surface area (Å²) in [6, 6.07) is 4.13. The zero-order chi connectivity index (χ0) is 31.4. The van der Waals surface area contributed by atoms with Gasteiger partial charge in [0.2, 0.25) is 0 Å². The van der Waals surface area contributed by atoms with E-state index in [2.05, 4.69) is 0 Å². The zero-order valence-corrected chi connectivity index (χ0v) is 25.3. The number of aliphatic carboxylic acids is 1. The second kappa shape index (κ2) is 16.0. The van der Waals surface area contributed by atoms with Crippen molar-refractivity contribution >= 4 is 24.4 Å². The molecular weight excluding hydrogens is 538 g/mol. The number of hydrogen-bond acceptors (Lipinski definition) is 11. The molecule has 0 aliphatic carbocycles. The lowest BCUT2D eigenvalue weighted by molar-refractivity contribution is -0.145. The molecule has 0 aromatic heterocycles. The summed E-state index contributed by atoms with van der Waals surface area (Å²) in [5, 5.41) is 9.93. The summed E-state index contributed by atoms with van der Waals surface area (Å²) in [5.41, 5.74) is 3.92. The van der Waals surface area contributed by atoms with E-state index in [1.54, 1.807) is 20.8 Å². The van der Waals surface area contributed by atoms with E-state index in [9.17, 15) is 24.3 Å². The van der Waals surface area contributed by atoms with Crippen molar-refractivity contribution in [3.63, 3.8) is 0 Å². The van der Waals surface area contributed by atoms with Crippen LogP contribution in [0.4, 0.5) is 14.4 Å². The Morgan fingerprint density at radius 3 is 1.80 bits per heavy atom. The first-order valence-electron chi connectivity index (χ1n) is 13.6. The fraction of sp³-hybridized carbons (Fsp3) is 0.655. The Kier molecular flexibility index (Phi) is 13.9. The van der Waals surface area contributed by atoms with Crippen molar-refractivity contribution in [2.75, 3.05) is 13.2 Å². The number of ether oxygens (including phenoxy) is 6. The summed E-state index contributed by atoms with van der Waals surface area (Å²) < 4.78 is 31.0. The molecule has 2 atom stereocenters. The van der Waals surface area contributed by atoms with Crippen LogP contribution in [0.25, 0.3) is 0 Å². The maximum Gasteiger partial charge on any atom is 0.513 e. The van der Waals surface area contributed by atoms with Crippen LogP contribution in [0.3, 0.4) is 0 Å². The van der Waals surface area contributed by atoms with Crippen molar-refractivity contribution < 1.29 is 52.7 Å². The molecule has 12 heteroatoms. The third kappa shape index (κ3) is 14.6. The second-order valence-electron chi connectivity index (χ2n) is 11.8. The van der Waals surface area contributed by atoms with Gasteiger partial charge in [0.15, 0.2) is 11.5 Å². The topological polar surface area (TPSA) is 170 Å². The van der Waals surface area contributed by atoms with E-state index in [0.29, 0.717) is 30.2 Å². The molecule has 1 aromatic carbocycles. The van der Waals surface area contributed by atoms with Crippen LogP contribution >= 0.6 is 0 Å². The lowest BCUT2D eigenvalue weighted by atomic mass is 9.86. The molecule has 0 bridgehead atoms. The highest BCUT2D eigenvalue weighted by atomic mass is 16.7. The number of carbonyl (C=O) groups excluding carboxylic acids is 3. The summed E-state index contributed by atoms with van der Waals surface area (Å²) in [5.74, 6) is -1.07. The van der Waals surface area contributed by atoms with Crippen LogP contribution in [-0.2, 0) is 30.2 Å². The van der Waals surface area contributed by atoms with Gasteiger partial charge in [0.1, 0.15) is 17.2 Å². The Balaban J connectivity index is 3.13. The third-order valence-electron chi connectivity index (χ3n) is 5.51. The van der Waals surface area contributed by atoms with Gasteiger partial charge in [0.05, 0.1) is 13.2 Å². The minimum atomic E-state index is -1.88. The van der Waals surface area contributed by atoms with Gasteiger partial charge < -0.3 is 39.3 Å². The highest BCUT2D eigenvalue weighted by molar-refractivity contribution is 5.79. The molecule has 0 saturated carbocycles. The number of benzene rings is 1. The number of carboxylic acids is 1. The van der Waals surface area contributed by atoms with Crippen LogP contribution in [0.15, 0.2) is 18.2 Å². The van der Waals surface area contributed by atoms with Gasteiger partial charge in [-0.1, -0.05) is 33.8 Å². The van der Waals surface area contributed by atoms with Gasteiger partial charge in [0.25, 0.3) is 0 Å². The van der Waals surface area contributed by atoms with Gasteiger partial charge in [-0.05, 0) is 70.1 Å². The van der Waals surface area contributed by atoms with E-state index in [0.717, 1.165) is 0 Å². The van der Waals surface area contributed by atoms with Gasteiger partial charge in [-0.25, -0.2) is 14.4 Å². The number of rotatable bonds is 14. The molecule has 41 heavy (non-hydrogen) atoms. The van der Waals surface area contributed by atoms with Crippen molar-refractivity contribution in [2.45, 2.75) is 98.3 Å². The Morgan fingerprint density at radius 1 is 0.829 bits per heavy atom. The predicted molar refractivity (Wildman–Crippen MR) is 149 cm³/mol. The zero-order valence-electron chi connectivity index (χ0n) is 25.3. The molecule has 0 aliphatic rings. The molecule has 12 nitrogen and oxygen atoms in total. The lowest BCUT2D eigenvalue weighted by Gasteiger charge is -2.28. The van der Waals surface area contributed by atoms with Gasteiger partial charge in [-0.3, -0.25) is 4.79 Å². The van der Waals surface area contributed by atoms with Crippen molar-refractivity contribution in [3.8, 4) is 11.5 Å². The molecule has 3 N–H and O–H groups in total. The highest BCUT2D eigenvalue weighted by Crippen LogP contribution is 2.31. The van der Waals surface area contributed by atoms with Crippen LogP contribution in [0, 0.1) is 11.8 Å². The van der Waals surface area contributed by atoms with E-state index in [1.165, 1.54) is 25.1 Å². The van der Waals surface area contributed by atoms with Gasteiger partial charge in [0, 0.05) is 12.8 Å². The second-order valence-corrected chi connectivity index (χ2v) is 11.8. The van der Waals surface area contributed by atoms with Crippen LogP contribution in [0.1, 0.15) is 80.2 Å². The first kappa shape index (κ1) is 35.5. The van der Waals surface area contributed by atoms with E-state index in [-0.39, 0.29) is 37.6 Å². The van der Waals surface area contributed by atoms with Gasteiger partial charge >= 0.3 is 24.4 Å². The summed E-state index contributed by atoms with van der Waals surface area (Å²) in [6.45, 7) is 14.6. The lowest BCUT2D eigenvalue weighted by Crippen LogP contribution is -2.52. The van der Waals surface area contributed by atoms with Crippen LogP contribution < -0.4 is 15.2 Å². The quantitative estimate of drug-likeness (QED) is 0.152. The van der Waals surface area contributed by atoms with Crippen LogP contribution in [0.5, 0.6) is 11.5 Å². The maximum atomic E-state index is 12.3. The average Bonchev–Trinajstić information content (AvgIpc) is 2.78. The SMILES string of the molecule is CC(C)CCOC(=O)Oc1ccc(CC(N)(C[C@H](C)OC(=O)OC(C)(C)C)C(=O)O)cc1OC(=O)OCCC(C)C. The van der Waals surface area contributed by atoms with Crippen LogP contribution in [-0.4, -0.2) is 60.0 Å². The minimum absolute atomic E-state index is 0.115. The predicted octanol–water partition coefficient (Wildman–Crippen LogP) is 5.86. The number of carbonyl (C=O) groups is 4. The summed E-state index contributed by atoms with van der Waals surface area (Å²) in [7, 11) is 0. The third-order valence-corrected chi connectivity index (χ3v) is 5.51. The average molecular weight is 584 g/mol. The smallest absolute Gasteiger partial charge is 0.480 e. The van der Waals surface area contributed by atoms with E-state index >= 15 is 0 Å². The molecule has 0 saturated heterocycles. The standard InChI is InChI=1S/C29H45NO11/c1-18(2)11-13-36-25(33)39-22-10-9-21(15-23(22)40-26(34)37-14-12-19(3)4)17-29(30,24(31)32)16-20(5)38-27(35)41-28(6,7)8/h9-10,15,18-20H,11-14,16-17,30H2,1-8H3,(H,31,32)/t20-,29?/m0/s1. The first-order chi connectivity index (χ1) is 18.9. The Labute approximate surface area is 241 Å². The largest absolute Gasteiger partial charge is 0.513 e. The van der Waals surface area contributed by atoms with Gasteiger partial charge in [-0.2, -0.15) is 0 Å². The molecule has 1 aromatic rings. The summed E-state index contributed by atoms with van der Waals surface area (Å²) >= 11 is 0. The van der Waals surface area contributed by atoms with Crippen molar-refractivity contribution in [1.29, 1.82) is 0 Å². The fourth-order valence-electron chi connectivity index (χ4n) is 3.41. The summed E-state index contributed by atoms with van der Waals surface area (Å²) in [6.07, 6.45) is -3.15. The first-order valence-corrected chi connectivity index (χ1v) is 13.6. The molecule has 0 radical (unpaired) electrons. The Morgan fingerprint density at radius 2 is 1.34 bits per heavy atom. The Bertz CT molecular complexity index is 1030. The van der Waals surface area contributed by atoms with Crippen molar-refractivity contribution in [3.05, 3.63) is 23.8 Å². The molecule has 232 valence electrons. The van der Waals surface area contributed by atoms with Crippen LogP contribution in [0.2, 0.25) is 0 Å². The monoisotopic (exact) mass is 583 g/mol. The fourth-order valence-corrected chi connectivity index (χ4v) is 3.41. The van der Waals surface area contributed by atoms with Crippen molar-refractivity contribution in [2.24, 2.45) is 17.6 Å².